The number of nitrogens with one attached hydrogen (secondary N) is 1. The summed E-state index contributed by atoms with van der Waals surface area (Å²) in [6.45, 7) is 1.40. The number of methoxy groups -OCH3 is 1. The van der Waals surface area contributed by atoms with Gasteiger partial charge < -0.3 is 15.2 Å². The Bertz CT molecular complexity index is 946. The van der Waals surface area contributed by atoms with E-state index >= 15 is 0 Å². The van der Waals surface area contributed by atoms with E-state index in [4.69, 9.17) is 16.3 Å². The van der Waals surface area contributed by atoms with Crippen molar-refractivity contribution in [3.05, 3.63) is 58.9 Å². The van der Waals surface area contributed by atoms with E-state index in [9.17, 15) is 9.90 Å². The fourth-order valence-corrected chi connectivity index (χ4v) is 3.02. The summed E-state index contributed by atoms with van der Waals surface area (Å²) in [7, 11) is 1.49. The normalized spacial score (nSPS) is 12.0. The Labute approximate surface area is 149 Å². The van der Waals surface area contributed by atoms with Gasteiger partial charge in [0.25, 0.3) is 0 Å². The molecule has 7 heteroatoms. The van der Waals surface area contributed by atoms with Crippen LogP contribution in [-0.4, -0.2) is 28.1 Å². The Morgan fingerprint density at radius 1 is 1.24 bits per heavy atom. The maximum absolute atomic E-state index is 11.8. The molecule has 0 saturated heterocycles. The number of amides is 1. The zero-order valence-electron chi connectivity index (χ0n) is 13.7. The zero-order chi connectivity index (χ0) is 18.0. The average molecular weight is 358 g/mol. The lowest BCUT2D eigenvalue weighted by Crippen LogP contribution is -2.27. The van der Waals surface area contributed by atoms with Gasteiger partial charge in [-0.15, -0.1) is 0 Å². The van der Waals surface area contributed by atoms with Gasteiger partial charge in [-0.1, -0.05) is 11.6 Å². The Hall–Kier alpha value is -2.86. The lowest BCUT2D eigenvalue weighted by molar-refractivity contribution is -0.119. The van der Waals surface area contributed by atoms with Crippen LogP contribution in [-0.2, 0) is 4.79 Å². The molecular formula is C18H16ClN3O3. The number of benzene rings is 1. The van der Waals surface area contributed by atoms with E-state index < -0.39 is 6.04 Å². The van der Waals surface area contributed by atoms with Gasteiger partial charge in [-0.3, -0.25) is 9.78 Å². The molecule has 0 aliphatic carbocycles. The number of phenols is 1. The van der Waals surface area contributed by atoms with Gasteiger partial charge in [0, 0.05) is 35.8 Å². The summed E-state index contributed by atoms with van der Waals surface area (Å²) in [6, 6.07) is 7.93. The summed E-state index contributed by atoms with van der Waals surface area (Å²) < 4.78 is 5.29. The van der Waals surface area contributed by atoms with Crippen LogP contribution in [0.4, 0.5) is 0 Å². The summed E-state index contributed by atoms with van der Waals surface area (Å²) in [4.78, 5) is 20.1. The van der Waals surface area contributed by atoms with Crippen LogP contribution < -0.4 is 10.1 Å². The van der Waals surface area contributed by atoms with Gasteiger partial charge in [0.05, 0.1) is 18.2 Å². The number of nitrogens with zero attached hydrogens (tertiary/aromatic N) is 2. The third-order valence-electron chi connectivity index (χ3n) is 3.81. The van der Waals surface area contributed by atoms with Gasteiger partial charge in [-0.05, 0) is 30.3 Å². The fraction of sp³-hybridized carbons (Fsp3) is 0.167. The molecule has 128 valence electrons. The quantitative estimate of drug-likeness (QED) is 0.749. The van der Waals surface area contributed by atoms with Gasteiger partial charge >= 0.3 is 0 Å². The van der Waals surface area contributed by atoms with E-state index in [0.717, 1.165) is 0 Å². The van der Waals surface area contributed by atoms with Crippen molar-refractivity contribution in [1.29, 1.82) is 0 Å². The standard InChI is InChI=1S/C18H16ClN3O3/c1-10(23)22-15(12-6-4-8-21-18(12)25-2)13-9-14(19)11-5-3-7-20-16(11)17(13)24/h3-9,15,24H,1-2H3,(H,22,23). The molecule has 0 spiro atoms. The number of aromatic hydroxyl groups is 1. The minimum Gasteiger partial charge on any atom is -0.505 e. The SMILES string of the molecule is COc1ncccc1C(NC(C)=O)c1cc(Cl)c2cccnc2c1O. The number of ether oxygens (including phenoxy) is 1. The first kappa shape index (κ1) is 17.0. The minimum atomic E-state index is -0.690. The van der Waals surface area contributed by atoms with Crippen molar-refractivity contribution in [2.45, 2.75) is 13.0 Å². The minimum absolute atomic E-state index is 0.0512. The van der Waals surface area contributed by atoms with E-state index in [0.29, 0.717) is 32.9 Å². The molecule has 2 heterocycles. The van der Waals surface area contributed by atoms with Crippen LogP contribution >= 0.6 is 11.6 Å². The van der Waals surface area contributed by atoms with Crippen molar-refractivity contribution < 1.29 is 14.6 Å². The number of rotatable bonds is 4. The van der Waals surface area contributed by atoms with E-state index in [1.54, 1.807) is 42.7 Å². The topological polar surface area (TPSA) is 84.3 Å². The number of fused-ring (bicyclic) bond motifs is 1. The van der Waals surface area contributed by atoms with Crippen LogP contribution in [0.25, 0.3) is 10.9 Å². The number of hydrogen-bond donors (Lipinski definition) is 2. The Kier molecular flexibility index (Phi) is 4.72. The first-order valence-electron chi connectivity index (χ1n) is 7.55. The van der Waals surface area contributed by atoms with Crippen molar-refractivity contribution in [3.8, 4) is 11.6 Å². The molecule has 2 N–H and O–H groups in total. The summed E-state index contributed by atoms with van der Waals surface area (Å²) >= 11 is 6.37. The van der Waals surface area contributed by atoms with E-state index in [-0.39, 0.29) is 11.7 Å². The molecule has 1 aromatic carbocycles. The van der Waals surface area contributed by atoms with Crippen molar-refractivity contribution in [2.24, 2.45) is 0 Å². The number of phenolic OH excluding ortho intramolecular Hbond substituents is 1. The van der Waals surface area contributed by atoms with Crippen LogP contribution in [0.3, 0.4) is 0 Å². The van der Waals surface area contributed by atoms with Gasteiger partial charge in [-0.2, -0.15) is 0 Å². The molecule has 1 atom stereocenters. The first-order valence-corrected chi connectivity index (χ1v) is 7.92. The average Bonchev–Trinajstić information content (AvgIpc) is 2.63. The highest BCUT2D eigenvalue weighted by Gasteiger charge is 2.25. The summed E-state index contributed by atoms with van der Waals surface area (Å²) in [5.74, 6) is 0.0232. The third-order valence-corrected chi connectivity index (χ3v) is 4.12. The molecule has 0 aliphatic heterocycles. The predicted molar refractivity (Wildman–Crippen MR) is 94.9 cm³/mol. The summed E-state index contributed by atoms with van der Waals surface area (Å²) in [6.07, 6.45) is 3.15. The largest absolute Gasteiger partial charge is 0.505 e. The second kappa shape index (κ2) is 6.94. The summed E-state index contributed by atoms with van der Waals surface area (Å²) in [5.41, 5.74) is 1.38. The molecular weight excluding hydrogens is 342 g/mol. The number of carbonyl (C=O) groups excluding carboxylic acids is 1. The van der Waals surface area contributed by atoms with Crippen LogP contribution in [0, 0.1) is 0 Å². The van der Waals surface area contributed by atoms with Crippen LogP contribution in [0.2, 0.25) is 5.02 Å². The molecule has 1 unspecified atom stereocenters. The molecule has 6 nitrogen and oxygen atoms in total. The van der Waals surface area contributed by atoms with Crippen LogP contribution in [0.1, 0.15) is 24.1 Å². The number of pyridine rings is 2. The molecule has 3 aromatic rings. The van der Waals surface area contributed by atoms with Gasteiger partial charge in [-0.25, -0.2) is 4.98 Å². The molecule has 2 aromatic heterocycles. The second-order valence-electron chi connectivity index (χ2n) is 5.43. The lowest BCUT2D eigenvalue weighted by atomic mass is 9.96. The van der Waals surface area contributed by atoms with Crippen LogP contribution in [0.15, 0.2) is 42.7 Å². The number of aromatic nitrogens is 2. The van der Waals surface area contributed by atoms with Gasteiger partial charge in [0.1, 0.15) is 11.3 Å². The molecule has 0 bridgehead atoms. The number of hydrogen-bond acceptors (Lipinski definition) is 5. The van der Waals surface area contributed by atoms with E-state index in [1.807, 2.05) is 0 Å². The molecule has 0 saturated carbocycles. The molecule has 0 radical (unpaired) electrons. The fourth-order valence-electron chi connectivity index (χ4n) is 2.75. The van der Waals surface area contributed by atoms with Crippen molar-refractivity contribution >= 4 is 28.4 Å². The smallest absolute Gasteiger partial charge is 0.218 e. The molecule has 0 aliphatic rings. The maximum Gasteiger partial charge on any atom is 0.218 e. The maximum atomic E-state index is 11.8. The first-order chi connectivity index (χ1) is 12.0. The van der Waals surface area contributed by atoms with Crippen molar-refractivity contribution in [2.75, 3.05) is 7.11 Å². The highest BCUT2D eigenvalue weighted by Crippen LogP contribution is 2.39. The van der Waals surface area contributed by atoms with Crippen LogP contribution in [0.5, 0.6) is 11.6 Å². The highest BCUT2D eigenvalue weighted by atomic mass is 35.5. The third kappa shape index (κ3) is 3.21. The molecule has 0 fully saturated rings. The van der Waals surface area contributed by atoms with Crippen molar-refractivity contribution in [1.82, 2.24) is 15.3 Å². The summed E-state index contributed by atoms with van der Waals surface area (Å²) in [5, 5.41) is 14.6. The van der Waals surface area contributed by atoms with Crippen molar-refractivity contribution in [3.63, 3.8) is 0 Å². The van der Waals surface area contributed by atoms with Gasteiger partial charge in [0.2, 0.25) is 11.8 Å². The molecule has 1 amide bonds. The predicted octanol–water partition coefficient (Wildman–Crippen LogP) is 3.22. The Morgan fingerprint density at radius 2 is 1.96 bits per heavy atom. The monoisotopic (exact) mass is 357 g/mol. The Balaban J connectivity index is 2.26. The number of carbonyl (C=O) groups is 1. The highest BCUT2D eigenvalue weighted by molar-refractivity contribution is 6.35. The van der Waals surface area contributed by atoms with Gasteiger partial charge in [0.15, 0.2) is 0 Å². The number of halogens is 1. The zero-order valence-corrected chi connectivity index (χ0v) is 14.4. The molecule has 25 heavy (non-hydrogen) atoms. The second-order valence-corrected chi connectivity index (χ2v) is 5.84. The van der Waals surface area contributed by atoms with E-state index in [1.165, 1.54) is 14.0 Å². The lowest BCUT2D eigenvalue weighted by Gasteiger charge is -2.22. The van der Waals surface area contributed by atoms with E-state index in [2.05, 4.69) is 15.3 Å². The molecule has 3 rings (SSSR count). The Morgan fingerprint density at radius 3 is 2.68 bits per heavy atom.